The highest BCUT2D eigenvalue weighted by Crippen LogP contribution is 2.28. The van der Waals surface area contributed by atoms with Crippen molar-refractivity contribution in [2.45, 2.75) is 18.8 Å². The zero-order valence-electron chi connectivity index (χ0n) is 11.6. The van der Waals surface area contributed by atoms with Crippen LogP contribution < -0.4 is 5.32 Å². The van der Waals surface area contributed by atoms with Crippen molar-refractivity contribution in [3.8, 4) is 0 Å². The molecular weight excluding hydrogens is 268 g/mol. The van der Waals surface area contributed by atoms with Gasteiger partial charge in [0.25, 0.3) is 0 Å². The van der Waals surface area contributed by atoms with Crippen molar-refractivity contribution in [1.29, 1.82) is 0 Å². The maximum atomic E-state index is 12.1. The van der Waals surface area contributed by atoms with Gasteiger partial charge in [-0.1, -0.05) is 30.3 Å². The molecule has 1 atom stereocenters. The predicted molar refractivity (Wildman–Crippen MR) is 78.9 cm³/mol. The lowest BCUT2D eigenvalue weighted by Crippen LogP contribution is -2.36. The van der Waals surface area contributed by atoms with E-state index in [1.165, 1.54) is 6.20 Å². The maximum absolute atomic E-state index is 12.1. The number of nitrogens with zero attached hydrogens (tertiary/aromatic N) is 1. The van der Waals surface area contributed by atoms with Gasteiger partial charge < -0.3 is 10.4 Å². The molecule has 2 N–H and O–H groups in total. The fraction of sp³-hybridized carbons (Fsp3) is 0.188. The number of nitrogens with one attached hydrogen (secondary N) is 1. The summed E-state index contributed by atoms with van der Waals surface area (Å²) in [5, 5.41) is 12.2. The molecule has 0 aliphatic heterocycles. The van der Waals surface area contributed by atoms with Crippen LogP contribution in [0.2, 0.25) is 0 Å². The summed E-state index contributed by atoms with van der Waals surface area (Å²) in [5.41, 5.74) is -0.129. The average Bonchev–Trinajstić information content (AvgIpc) is 2.48. The summed E-state index contributed by atoms with van der Waals surface area (Å²) < 4.78 is 0. The highest BCUT2D eigenvalue weighted by Gasteiger charge is 2.37. The van der Waals surface area contributed by atoms with Crippen molar-refractivity contribution in [3.63, 3.8) is 0 Å². The molecule has 21 heavy (non-hydrogen) atoms. The van der Waals surface area contributed by atoms with Crippen LogP contribution in [0.1, 0.15) is 18.9 Å². The Morgan fingerprint density at radius 1 is 1.19 bits per heavy atom. The molecule has 1 amide bonds. The van der Waals surface area contributed by atoms with Gasteiger partial charge in [0.05, 0.1) is 17.3 Å². The van der Waals surface area contributed by atoms with Crippen LogP contribution >= 0.6 is 0 Å². The van der Waals surface area contributed by atoms with Crippen LogP contribution in [0, 0.1) is 0 Å². The summed E-state index contributed by atoms with van der Waals surface area (Å²) >= 11 is 0. The largest absolute Gasteiger partial charge is 0.481 e. The number of aromatic nitrogens is 1. The van der Waals surface area contributed by atoms with Gasteiger partial charge in [0.1, 0.15) is 0 Å². The minimum absolute atomic E-state index is 0.152. The lowest BCUT2D eigenvalue weighted by molar-refractivity contribution is -0.145. The summed E-state index contributed by atoms with van der Waals surface area (Å²) in [6.07, 6.45) is 2.96. The number of carbonyl (C=O) groups excluding carboxylic acids is 1. The summed E-state index contributed by atoms with van der Waals surface area (Å²) in [5.74, 6) is -1.40. The summed E-state index contributed by atoms with van der Waals surface area (Å²) in [4.78, 5) is 27.6. The first-order valence-corrected chi connectivity index (χ1v) is 6.51. The first-order chi connectivity index (χ1) is 10.0. The van der Waals surface area contributed by atoms with Gasteiger partial charge in [-0.3, -0.25) is 14.6 Å². The molecule has 2 aromatic rings. The van der Waals surface area contributed by atoms with Crippen LogP contribution in [0.15, 0.2) is 54.9 Å². The highest BCUT2D eigenvalue weighted by atomic mass is 16.4. The van der Waals surface area contributed by atoms with Crippen molar-refractivity contribution < 1.29 is 14.7 Å². The number of aliphatic carboxylic acids is 1. The number of pyridine rings is 1. The topological polar surface area (TPSA) is 79.3 Å². The minimum atomic E-state index is -1.27. The summed E-state index contributed by atoms with van der Waals surface area (Å²) in [7, 11) is 0. The number of benzene rings is 1. The van der Waals surface area contributed by atoms with E-state index in [2.05, 4.69) is 10.3 Å². The summed E-state index contributed by atoms with van der Waals surface area (Å²) in [6.45, 7) is 1.55. The Morgan fingerprint density at radius 3 is 2.48 bits per heavy atom. The zero-order valence-corrected chi connectivity index (χ0v) is 11.6. The van der Waals surface area contributed by atoms with Gasteiger partial charge in [-0.15, -0.1) is 0 Å². The van der Waals surface area contributed by atoms with E-state index in [1.807, 2.05) is 6.07 Å². The molecule has 2 rings (SSSR count). The van der Waals surface area contributed by atoms with Crippen LogP contribution in [-0.2, 0) is 15.0 Å². The lowest BCUT2D eigenvalue weighted by Gasteiger charge is -2.24. The molecular formula is C16H16N2O3. The molecule has 5 heteroatoms. The maximum Gasteiger partial charge on any atom is 0.314 e. The molecule has 0 aliphatic rings. The van der Waals surface area contributed by atoms with E-state index in [4.69, 9.17) is 0 Å². The second kappa shape index (κ2) is 6.17. The number of rotatable bonds is 5. The third-order valence-electron chi connectivity index (χ3n) is 3.34. The van der Waals surface area contributed by atoms with Crippen LogP contribution in [-0.4, -0.2) is 22.0 Å². The van der Waals surface area contributed by atoms with Crippen molar-refractivity contribution in [1.82, 2.24) is 4.98 Å². The average molecular weight is 284 g/mol. The van der Waals surface area contributed by atoms with Gasteiger partial charge in [0.15, 0.2) is 0 Å². The number of carbonyl (C=O) groups is 2. The molecule has 1 unspecified atom stereocenters. The van der Waals surface area contributed by atoms with Gasteiger partial charge in [-0.25, -0.2) is 0 Å². The van der Waals surface area contributed by atoms with Crippen LogP contribution in [0.5, 0.6) is 0 Å². The number of amides is 1. The normalized spacial score (nSPS) is 13.2. The number of carboxylic acid groups (broad SMARTS) is 1. The van der Waals surface area contributed by atoms with Gasteiger partial charge in [0, 0.05) is 12.6 Å². The number of anilines is 1. The smallest absolute Gasteiger partial charge is 0.314 e. The number of carboxylic acids is 1. The van der Waals surface area contributed by atoms with Crippen molar-refractivity contribution in [2.75, 3.05) is 5.32 Å². The molecule has 0 bridgehead atoms. The van der Waals surface area contributed by atoms with Gasteiger partial charge >= 0.3 is 5.97 Å². The molecule has 1 aromatic carbocycles. The number of hydrogen-bond acceptors (Lipinski definition) is 3. The van der Waals surface area contributed by atoms with Crippen molar-refractivity contribution >= 4 is 17.6 Å². The Kier molecular flexibility index (Phi) is 4.33. The number of hydrogen-bond donors (Lipinski definition) is 2. The van der Waals surface area contributed by atoms with E-state index in [-0.39, 0.29) is 12.3 Å². The SMILES string of the molecule is CC(CC(=O)Nc1cccnc1)(C(=O)O)c1ccccc1. The Morgan fingerprint density at radius 2 is 1.90 bits per heavy atom. The van der Waals surface area contributed by atoms with E-state index >= 15 is 0 Å². The molecule has 0 saturated heterocycles. The standard InChI is InChI=1S/C16H16N2O3/c1-16(15(20)21,12-6-3-2-4-7-12)10-14(19)18-13-8-5-9-17-11-13/h2-9,11H,10H2,1H3,(H,18,19)(H,20,21). The molecule has 1 aromatic heterocycles. The first-order valence-electron chi connectivity index (χ1n) is 6.51. The molecule has 0 fully saturated rings. The Labute approximate surface area is 122 Å². The lowest BCUT2D eigenvalue weighted by atomic mass is 9.79. The minimum Gasteiger partial charge on any atom is -0.481 e. The van der Waals surface area contributed by atoms with Crippen LogP contribution in [0.3, 0.4) is 0 Å². The van der Waals surface area contributed by atoms with Crippen molar-refractivity contribution in [3.05, 3.63) is 60.4 Å². The van der Waals surface area contributed by atoms with Gasteiger partial charge in [-0.05, 0) is 24.6 Å². The van der Waals surface area contributed by atoms with Gasteiger partial charge in [0.2, 0.25) is 5.91 Å². The predicted octanol–water partition coefficient (Wildman–Crippen LogP) is 2.45. The van der Waals surface area contributed by atoms with Gasteiger partial charge in [-0.2, -0.15) is 0 Å². The van der Waals surface area contributed by atoms with Crippen molar-refractivity contribution in [2.24, 2.45) is 0 Å². The van der Waals surface area contributed by atoms with E-state index in [0.29, 0.717) is 11.3 Å². The van der Waals surface area contributed by atoms with E-state index < -0.39 is 11.4 Å². The summed E-state index contributed by atoms with van der Waals surface area (Å²) in [6, 6.07) is 12.2. The third kappa shape index (κ3) is 3.45. The Bertz CT molecular complexity index is 628. The fourth-order valence-electron chi connectivity index (χ4n) is 2.07. The molecule has 0 aliphatic carbocycles. The van der Waals surface area contributed by atoms with Crippen LogP contribution in [0.4, 0.5) is 5.69 Å². The second-order valence-corrected chi connectivity index (χ2v) is 4.97. The fourth-order valence-corrected chi connectivity index (χ4v) is 2.07. The second-order valence-electron chi connectivity index (χ2n) is 4.97. The molecule has 1 heterocycles. The monoisotopic (exact) mass is 284 g/mol. The molecule has 0 radical (unpaired) electrons. The van der Waals surface area contributed by atoms with E-state index in [9.17, 15) is 14.7 Å². The quantitative estimate of drug-likeness (QED) is 0.884. The molecule has 5 nitrogen and oxygen atoms in total. The van der Waals surface area contributed by atoms with E-state index in [1.54, 1.807) is 49.5 Å². The highest BCUT2D eigenvalue weighted by molar-refractivity contribution is 5.96. The molecule has 108 valence electrons. The molecule has 0 spiro atoms. The Balaban J connectivity index is 2.17. The first kappa shape index (κ1) is 14.7. The Hall–Kier alpha value is -2.69. The third-order valence-corrected chi connectivity index (χ3v) is 3.34. The zero-order chi connectivity index (χ0) is 15.3. The molecule has 0 saturated carbocycles. The van der Waals surface area contributed by atoms with Crippen LogP contribution in [0.25, 0.3) is 0 Å². The van der Waals surface area contributed by atoms with E-state index in [0.717, 1.165) is 0 Å².